The number of carbonyl (C=O) groups is 3. The van der Waals surface area contributed by atoms with Crippen molar-refractivity contribution in [2.45, 2.75) is 6.04 Å². The second kappa shape index (κ2) is 5.02. The first-order valence-corrected chi connectivity index (χ1v) is 7.82. The van der Waals surface area contributed by atoms with E-state index in [0.717, 1.165) is 9.60 Å². The van der Waals surface area contributed by atoms with Gasteiger partial charge in [-0.2, -0.15) is 0 Å². The summed E-state index contributed by atoms with van der Waals surface area (Å²) >= 11 is 1.30. The molecular formula is C15H11FN2O4S. The number of hydrogen-bond acceptors (Lipinski definition) is 5. The van der Waals surface area contributed by atoms with Crippen LogP contribution in [-0.4, -0.2) is 53.4 Å². The standard InChI is InChI=1S/C15H11FN2O4S/c16-9-1-2-11-8(3-9)4-12(23-11)14(20)17-5-10(6-17)18-13(19)7-22-15(18)21/h1-4,10H,5-7H2. The molecule has 2 aliphatic heterocycles. The molecule has 2 aliphatic rings. The molecule has 23 heavy (non-hydrogen) atoms. The number of nitrogens with zero attached hydrogens (tertiary/aromatic N) is 2. The van der Waals surface area contributed by atoms with E-state index < -0.39 is 6.09 Å². The Morgan fingerprint density at radius 2 is 2.04 bits per heavy atom. The first kappa shape index (κ1) is 14.1. The average molecular weight is 334 g/mol. The Labute approximate surface area is 134 Å². The summed E-state index contributed by atoms with van der Waals surface area (Å²) in [6.07, 6.45) is -0.649. The lowest BCUT2D eigenvalue weighted by molar-refractivity contribution is -0.129. The molecule has 2 fully saturated rings. The number of amides is 3. The van der Waals surface area contributed by atoms with E-state index >= 15 is 0 Å². The van der Waals surface area contributed by atoms with E-state index in [9.17, 15) is 18.8 Å². The van der Waals surface area contributed by atoms with Crippen molar-refractivity contribution >= 4 is 39.3 Å². The average Bonchev–Trinajstić information content (AvgIpc) is 3.02. The highest BCUT2D eigenvalue weighted by molar-refractivity contribution is 7.20. The molecule has 0 radical (unpaired) electrons. The monoisotopic (exact) mass is 334 g/mol. The van der Waals surface area contributed by atoms with Gasteiger partial charge in [0.15, 0.2) is 6.61 Å². The van der Waals surface area contributed by atoms with Gasteiger partial charge in [0.1, 0.15) is 5.82 Å². The first-order valence-electron chi connectivity index (χ1n) is 7.00. The lowest BCUT2D eigenvalue weighted by Gasteiger charge is -2.41. The number of rotatable bonds is 2. The van der Waals surface area contributed by atoms with E-state index in [1.807, 2.05) is 0 Å². The van der Waals surface area contributed by atoms with Crippen LogP contribution in [0, 0.1) is 5.82 Å². The lowest BCUT2D eigenvalue weighted by atomic mass is 10.1. The maximum Gasteiger partial charge on any atom is 0.417 e. The van der Waals surface area contributed by atoms with Gasteiger partial charge < -0.3 is 9.64 Å². The lowest BCUT2D eigenvalue weighted by Crippen LogP contribution is -2.62. The summed E-state index contributed by atoms with van der Waals surface area (Å²) in [5, 5.41) is 0.689. The van der Waals surface area contributed by atoms with Crippen molar-refractivity contribution < 1.29 is 23.5 Å². The Balaban J connectivity index is 1.48. The zero-order valence-electron chi connectivity index (χ0n) is 11.8. The second-order valence-corrected chi connectivity index (χ2v) is 6.56. The van der Waals surface area contributed by atoms with Crippen LogP contribution < -0.4 is 0 Å². The van der Waals surface area contributed by atoms with Crippen LogP contribution in [-0.2, 0) is 9.53 Å². The molecule has 2 saturated heterocycles. The molecule has 3 amide bonds. The predicted molar refractivity (Wildman–Crippen MR) is 79.7 cm³/mol. The number of ether oxygens (including phenoxy) is 1. The van der Waals surface area contributed by atoms with E-state index in [4.69, 9.17) is 0 Å². The van der Waals surface area contributed by atoms with Crippen molar-refractivity contribution in [3.8, 4) is 0 Å². The fraction of sp³-hybridized carbons (Fsp3) is 0.267. The highest BCUT2D eigenvalue weighted by atomic mass is 32.1. The molecule has 1 aromatic carbocycles. The molecule has 0 spiro atoms. The van der Waals surface area contributed by atoms with Crippen molar-refractivity contribution in [1.29, 1.82) is 0 Å². The normalized spacial score (nSPS) is 18.5. The van der Waals surface area contributed by atoms with Gasteiger partial charge in [-0.25, -0.2) is 14.1 Å². The number of hydrogen-bond donors (Lipinski definition) is 0. The van der Waals surface area contributed by atoms with Gasteiger partial charge >= 0.3 is 6.09 Å². The number of carbonyl (C=O) groups excluding carboxylic acids is 3. The van der Waals surface area contributed by atoms with Crippen LogP contribution in [0.3, 0.4) is 0 Å². The summed E-state index contributed by atoms with van der Waals surface area (Å²) in [5.41, 5.74) is 0. The van der Waals surface area contributed by atoms with Crippen LogP contribution in [0.4, 0.5) is 9.18 Å². The Bertz CT molecular complexity index is 827. The molecule has 0 atom stereocenters. The Hall–Kier alpha value is -2.48. The molecule has 0 saturated carbocycles. The number of fused-ring (bicyclic) bond motifs is 1. The highest BCUT2D eigenvalue weighted by Crippen LogP contribution is 2.29. The molecule has 1 aromatic heterocycles. The zero-order chi connectivity index (χ0) is 16.1. The molecule has 8 heteroatoms. The summed E-state index contributed by atoms with van der Waals surface area (Å²) in [4.78, 5) is 38.6. The summed E-state index contributed by atoms with van der Waals surface area (Å²) < 4.78 is 18.7. The van der Waals surface area contributed by atoms with Crippen LogP contribution in [0.2, 0.25) is 0 Å². The second-order valence-electron chi connectivity index (χ2n) is 5.48. The molecule has 0 N–H and O–H groups in total. The van der Waals surface area contributed by atoms with Gasteiger partial charge in [-0.1, -0.05) is 0 Å². The SMILES string of the molecule is O=C(c1cc2cc(F)ccc2s1)N1CC(N2C(=O)COC2=O)C1. The predicted octanol–water partition coefficient (Wildman–Crippen LogP) is 1.84. The topological polar surface area (TPSA) is 66.9 Å². The fourth-order valence-electron chi connectivity index (χ4n) is 2.78. The maximum atomic E-state index is 13.2. The molecule has 6 nitrogen and oxygen atoms in total. The van der Waals surface area contributed by atoms with Crippen LogP contribution >= 0.6 is 11.3 Å². The third-order valence-corrected chi connectivity index (χ3v) is 5.09. The molecule has 3 heterocycles. The summed E-state index contributed by atoms with van der Waals surface area (Å²) in [7, 11) is 0. The van der Waals surface area contributed by atoms with E-state index in [2.05, 4.69) is 4.74 Å². The minimum atomic E-state index is -0.649. The quantitative estimate of drug-likeness (QED) is 0.840. The minimum Gasteiger partial charge on any atom is -0.439 e. The number of thiophene rings is 1. The number of halogens is 1. The van der Waals surface area contributed by atoms with E-state index in [0.29, 0.717) is 23.4 Å². The van der Waals surface area contributed by atoms with Crippen LogP contribution in [0.15, 0.2) is 24.3 Å². The van der Waals surface area contributed by atoms with Crippen molar-refractivity contribution in [1.82, 2.24) is 9.80 Å². The molecule has 118 valence electrons. The summed E-state index contributed by atoms with van der Waals surface area (Å²) in [5.74, 6) is -0.892. The van der Waals surface area contributed by atoms with Gasteiger partial charge in [0.2, 0.25) is 0 Å². The van der Waals surface area contributed by atoms with Gasteiger partial charge in [0.25, 0.3) is 11.8 Å². The van der Waals surface area contributed by atoms with Crippen molar-refractivity contribution in [2.24, 2.45) is 0 Å². The molecule has 4 rings (SSSR count). The first-order chi connectivity index (χ1) is 11.0. The molecule has 2 aromatic rings. The third-order valence-electron chi connectivity index (χ3n) is 3.99. The van der Waals surface area contributed by atoms with Crippen LogP contribution in [0.1, 0.15) is 9.67 Å². The van der Waals surface area contributed by atoms with Crippen LogP contribution in [0.5, 0.6) is 0 Å². The summed E-state index contributed by atoms with van der Waals surface area (Å²) in [6, 6.07) is 5.73. The number of likely N-dealkylation sites (tertiary alicyclic amines) is 1. The largest absolute Gasteiger partial charge is 0.439 e. The Kier molecular flexibility index (Phi) is 3.08. The minimum absolute atomic E-state index is 0.178. The van der Waals surface area contributed by atoms with Crippen molar-refractivity contribution in [2.75, 3.05) is 19.7 Å². The molecule has 0 unspecified atom stereocenters. The highest BCUT2D eigenvalue weighted by Gasteiger charge is 2.44. The van der Waals surface area contributed by atoms with Crippen LogP contribution in [0.25, 0.3) is 10.1 Å². The number of imide groups is 1. The van der Waals surface area contributed by atoms with E-state index in [1.54, 1.807) is 17.0 Å². The van der Waals surface area contributed by atoms with Crippen molar-refractivity contribution in [3.63, 3.8) is 0 Å². The van der Waals surface area contributed by atoms with Crippen molar-refractivity contribution in [3.05, 3.63) is 35.0 Å². The van der Waals surface area contributed by atoms with E-state index in [1.165, 1.54) is 23.5 Å². The van der Waals surface area contributed by atoms with Gasteiger partial charge in [0.05, 0.1) is 10.9 Å². The Morgan fingerprint density at radius 3 is 2.74 bits per heavy atom. The Morgan fingerprint density at radius 1 is 1.26 bits per heavy atom. The maximum absolute atomic E-state index is 13.2. The van der Waals surface area contributed by atoms with E-state index in [-0.39, 0.29) is 30.3 Å². The third kappa shape index (κ3) is 2.26. The fourth-order valence-corrected chi connectivity index (χ4v) is 3.79. The molecular weight excluding hydrogens is 323 g/mol. The summed E-state index contributed by atoms with van der Waals surface area (Å²) in [6.45, 7) is 0.357. The smallest absolute Gasteiger partial charge is 0.417 e. The molecule has 0 bridgehead atoms. The zero-order valence-corrected chi connectivity index (χ0v) is 12.6. The van der Waals surface area contributed by atoms with Gasteiger partial charge in [-0.3, -0.25) is 9.59 Å². The van der Waals surface area contributed by atoms with Gasteiger partial charge in [-0.05, 0) is 29.7 Å². The van der Waals surface area contributed by atoms with Gasteiger partial charge in [0, 0.05) is 17.8 Å². The number of cyclic esters (lactones) is 1. The molecule has 0 aliphatic carbocycles. The van der Waals surface area contributed by atoms with Gasteiger partial charge in [-0.15, -0.1) is 11.3 Å². The number of benzene rings is 1.